The minimum absolute atomic E-state index is 0.0255. The SMILES string of the molecule is Fc1cccc(N[C@H]2CO[C@@]3(CCN(Cc4cccs4)C3)C2)c1. The van der Waals surface area contributed by atoms with Crippen molar-refractivity contribution in [1.29, 1.82) is 0 Å². The Bertz CT molecular complexity index is 663. The highest BCUT2D eigenvalue weighted by atomic mass is 32.1. The number of nitrogens with zero attached hydrogens (tertiary/aromatic N) is 1. The summed E-state index contributed by atoms with van der Waals surface area (Å²) in [6.45, 7) is 3.80. The number of hydrogen-bond donors (Lipinski definition) is 1. The summed E-state index contributed by atoms with van der Waals surface area (Å²) >= 11 is 1.81. The largest absolute Gasteiger partial charge is 0.380 e. The van der Waals surface area contributed by atoms with E-state index in [1.165, 1.54) is 10.9 Å². The van der Waals surface area contributed by atoms with E-state index in [0.717, 1.165) is 38.2 Å². The molecule has 0 amide bonds. The van der Waals surface area contributed by atoms with Crippen molar-refractivity contribution in [2.45, 2.75) is 31.0 Å². The number of anilines is 1. The van der Waals surface area contributed by atoms with Crippen LogP contribution in [-0.4, -0.2) is 36.2 Å². The van der Waals surface area contributed by atoms with Crippen LogP contribution in [-0.2, 0) is 11.3 Å². The highest BCUT2D eigenvalue weighted by Crippen LogP contribution is 2.37. The monoisotopic (exact) mass is 332 g/mol. The molecule has 0 radical (unpaired) electrons. The Labute approximate surface area is 140 Å². The fourth-order valence-corrected chi connectivity index (χ4v) is 4.47. The lowest BCUT2D eigenvalue weighted by molar-refractivity contribution is 0.0120. The first-order valence-corrected chi connectivity index (χ1v) is 9.00. The maximum atomic E-state index is 13.3. The van der Waals surface area contributed by atoms with E-state index in [0.29, 0.717) is 6.61 Å². The molecular weight excluding hydrogens is 311 g/mol. The third kappa shape index (κ3) is 3.42. The van der Waals surface area contributed by atoms with Gasteiger partial charge in [0.2, 0.25) is 0 Å². The molecule has 3 heterocycles. The molecule has 1 spiro atoms. The van der Waals surface area contributed by atoms with Gasteiger partial charge in [-0.3, -0.25) is 4.90 Å². The van der Waals surface area contributed by atoms with Crippen molar-refractivity contribution in [2.75, 3.05) is 25.0 Å². The number of ether oxygens (including phenoxy) is 1. The number of thiophene rings is 1. The van der Waals surface area contributed by atoms with Gasteiger partial charge in [0.1, 0.15) is 5.82 Å². The van der Waals surface area contributed by atoms with Crippen LogP contribution in [0.2, 0.25) is 0 Å². The van der Waals surface area contributed by atoms with Gasteiger partial charge in [0.25, 0.3) is 0 Å². The predicted molar refractivity (Wildman–Crippen MR) is 91.3 cm³/mol. The van der Waals surface area contributed by atoms with Gasteiger partial charge in [-0.1, -0.05) is 12.1 Å². The lowest BCUT2D eigenvalue weighted by Gasteiger charge is -2.23. The Morgan fingerprint density at radius 2 is 2.30 bits per heavy atom. The van der Waals surface area contributed by atoms with Gasteiger partial charge in [-0.05, 0) is 36.1 Å². The highest BCUT2D eigenvalue weighted by molar-refractivity contribution is 7.09. The van der Waals surface area contributed by atoms with Crippen LogP contribution in [0.3, 0.4) is 0 Å². The van der Waals surface area contributed by atoms with E-state index in [-0.39, 0.29) is 17.5 Å². The van der Waals surface area contributed by atoms with Crippen molar-refractivity contribution in [3.63, 3.8) is 0 Å². The number of rotatable bonds is 4. The Morgan fingerprint density at radius 1 is 1.35 bits per heavy atom. The van der Waals surface area contributed by atoms with E-state index in [4.69, 9.17) is 4.74 Å². The van der Waals surface area contributed by atoms with E-state index < -0.39 is 0 Å². The maximum Gasteiger partial charge on any atom is 0.125 e. The molecule has 0 saturated carbocycles. The molecule has 2 saturated heterocycles. The summed E-state index contributed by atoms with van der Waals surface area (Å²) < 4.78 is 19.5. The molecule has 0 aliphatic carbocycles. The lowest BCUT2D eigenvalue weighted by Crippen LogP contribution is -2.33. The zero-order valence-corrected chi connectivity index (χ0v) is 13.8. The Balaban J connectivity index is 1.34. The van der Waals surface area contributed by atoms with Crippen molar-refractivity contribution in [2.24, 2.45) is 0 Å². The second-order valence-corrected chi connectivity index (χ2v) is 7.62. The van der Waals surface area contributed by atoms with Crippen molar-refractivity contribution in [1.82, 2.24) is 4.90 Å². The van der Waals surface area contributed by atoms with Gasteiger partial charge in [0.05, 0.1) is 18.2 Å². The van der Waals surface area contributed by atoms with E-state index >= 15 is 0 Å². The van der Waals surface area contributed by atoms with Crippen LogP contribution in [0.25, 0.3) is 0 Å². The van der Waals surface area contributed by atoms with Crippen LogP contribution >= 0.6 is 11.3 Å². The third-order valence-corrected chi connectivity index (χ3v) is 5.62. The molecular formula is C18H21FN2OS. The van der Waals surface area contributed by atoms with Crippen LogP contribution < -0.4 is 5.32 Å². The Kier molecular flexibility index (Phi) is 4.09. The molecule has 2 aromatic rings. The summed E-state index contributed by atoms with van der Waals surface area (Å²) in [5.41, 5.74) is 0.812. The average molecular weight is 332 g/mol. The second kappa shape index (κ2) is 6.23. The summed E-state index contributed by atoms with van der Waals surface area (Å²) in [5, 5.41) is 5.54. The molecule has 1 aromatic carbocycles. The van der Waals surface area contributed by atoms with Gasteiger partial charge in [-0.25, -0.2) is 4.39 Å². The average Bonchev–Trinajstić information content (AvgIpc) is 3.24. The maximum absolute atomic E-state index is 13.3. The topological polar surface area (TPSA) is 24.5 Å². The Hall–Kier alpha value is -1.43. The van der Waals surface area contributed by atoms with Crippen LogP contribution in [0.4, 0.5) is 10.1 Å². The minimum Gasteiger partial charge on any atom is -0.380 e. The lowest BCUT2D eigenvalue weighted by atomic mass is 9.97. The number of nitrogens with one attached hydrogen (secondary N) is 1. The van der Waals surface area contributed by atoms with Crippen molar-refractivity contribution < 1.29 is 9.13 Å². The first-order chi connectivity index (χ1) is 11.2. The zero-order valence-electron chi connectivity index (χ0n) is 13.0. The number of likely N-dealkylation sites (tertiary alicyclic amines) is 1. The molecule has 23 heavy (non-hydrogen) atoms. The molecule has 1 aromatic heterocycles. The van der Waals surface area contributed by atoms with Crippen LogP contribution in [0.15, 0.2) is 41.8 Å². The fourth-order valence-electron chi connectivity index (χ4n) is 3.72. The van der Waals surface area contributed by atoms with E-state index in [1.807, 2.05) is 17.4 Å². The van der Waals surface area contributed by atoms with Crippen LogP contribution in [0.1, 0.15) is 17.7 Å². The van der Waals surface area contributed by atoms with Crippen molar-refractivity contribution in [3.05, 3.63) is 52.5 Å². The molecule has 2 fully saturated rings. The Morgan fingerprint density at radius 3 is 3.13 bits per heavy atom. The minimum atomic E-state index is -0.202. The molecule has 122 valence electrons. The number of halogens is 1. The fraction of sp³-hybridized carbons (Fsp3) is 0.444. The van der Waals surface area contributed by atoms with Gasteiger partial charge in [0, 0.05) is 36.6 Å². The molecule has 0 bridgehead atoms. The van der Waals surface area contributed by atoms with Crippen LogP contribution in [0, 0.1) is 5.82 Å². The summed E-state index contributed by atoms with van der Waals surface area (Å²) in [6.07, 6.45) is 2.07. The summed E-state index contributed by atoms with van der Waals surface area (Å²) in [4.78, 5) is 3.89. The highest BCUT2D eigenvalue weighted by Gasteiger charge is 2.45. The quantitative estimate of drug-likeness (QED) is 0.923. The molecule has 5 heteroatoms. The number of benzene rings is 1. The molecule has 2 aliphatic heterocycles. The summed E-state index contributed by atoms with van der Waals surface area (Å²) in [5.74, 6) is -0.202. The summed E-state index contributed by atoms with van der Waals surface area (Å²) in [6, 6.07) is 11.2. The normalized spacial score (nSPS) is 27.8. The third-order valence-electron chi connectivity index (χ3n) is 4.76. The van der Waals surface area contributed by atoms with Gasteiger partial charge in [0.15, 0.2) is 0 Å². The standard InChI is InChI=1S/C18H21FN2OS/c19-14-3-1-4-15(9-14)20-16-10-18(22-12-16)6-7-21(13-18)11-17-5-2-8-23-17/h1-5,8-9,16,20H,6-7,10-13H2/t16-,18+/m1/s1. The van der Waals surface area contributed by atoms with Crippen molar-refractivity contribution in [3.8, 4) is 0 Å². The molecule has 4 rings (SSSR count). The molecule has 3 nitrogen and oxygen atoms in total. The summed E-state index contributed by atoms with van der Waals surface area (Å²) in [7, 11) is 0. The van der Waals surface area contributed by atoms with Gasteiger partial charge >= 0.3 is 0 Å². The van der Waals surface area contributed by atoms with Gasteiger partial charge < -0.3 is 10.1 Å². The first-order valence-electron chi connectivity index (χ1n) is 8.12. The molecule has 0 unspecified atom stereocenters. The molecule has 2 atom stereocenters. The van der Waals surface area contributed by atoms with Crippen molar-refractivity contribution >= 4 is 17.0 Å². The number of hydrogen-bond acceptors (Lipinski definition) is 4. The molecule has 1 N–H and O–H groups in total. The molecule has 2 aliphatic rings. The van der Waals surface area contributed by atoms with E-state index in [9.17, 15) is 4.39 Å². The predicted octanol–water partition coefficient (Wildman–Crippen LogP) is 3.73. The second-order valence-electron chi connectivity index (χ2n) is 6.59. The smallest absolute Gasteiger partial charge is 0.125 e. The van der Waals surface area contributed by atoms with Gasteiger partial charge in [-0.15, -0.1) is 11.3 Å². The zero-order chi connectivity index (χ0) is 15.7. The first kappa shape index (κ1) is 15.1. The van der Waals surface area contributed by atoms with Crippen LogP contribution in [0.5, 0.6) is 0 Å². The van der Waals surface area contributed by atoms with E-state index in [2.05, 4.69) is 27.7 Å². The van der Waals surface area contributed by atoms with Gasteiger partial charge in [-0.2, -0.15) is 0 Å². The van der Waals surface area contributed by atoms with E-state index in [1.54, 1.807) is 12.1 Å².